The number of carbonyl (C=O) groups is 2. The molecule has 0 aromatic carbocycles. The van der Waals surface area contributed by atoms with Crippen LogP contribution in [-0.4, -0.2) is 46.1 Å². The van der Waals surface area contributed by atoms with Crippen molar-refractivity contribution in [2.24, 2.45) is 0 Å². The Bertz CT molecular complexity index is 318. The third-order valence-electron chi connectivity index (χ3n) is 3.75. The summed E-state index contributed by atoms with van der Waals surface area (Å²) in [6.07, 6.45) is 3.03. The zero-order valence-corrected chi connectivity index (χ0v) is 10.3. The third-order valence-corrected chi connectivity index (χ3v) is 3.75. The fourth-order valence-electron chi connectivity index (χ4n) is 3.10. The quantitative estimate of drug-likeness (QED) is 0.715. The lowest BCUT2D eigenvalue weighted by Crippen LogP contribution is -2.54. The molecule has 5 heteroatoms. The van der Waals surface area contributed by atoms with Crippen molar-refractivity contribution >= 4 is 11.8 Å². The van der Waals surface area contributed by atoms with E-state index >= 15 is 0 Å². The Morgan fingerprint density at radius 2 is 1.82 bits per heavy atom. The summed E-state index contributed by atoms with van der Waals surface area (Å²) in [4.78, 5) is 25.1. The van der Waals surface area contributed by atoms with Crippen LogP contribution in [0.1, 0.15) is 39.5 Å². The Morgan fingerprint density at radius 3 is 2.29 bits per heavy atom. The molecule has 2 fully saturated rings. The molecule has 0 aromatic heterocycles. The van der Waals surface area contributed by atoms with Crippen molar-refractivity contribution in [3.05, 3.63) is 0 Å². The lowest BCUT2D eigenvalue weighted by atomic mass is 9.99. The summed E-state index contributed by atoms with van der Waals surface area (Å²) in [6, 6.07) is -0.147. The van der Waals surface area contributed by atoms with Crippen molar-refractivity contribution in [3.63, 3.8) is 0 Å². The van der Waals surface area contributed by atoms with Crippen LogP contribution in [-0.2, 0) is 9.59 Å². The summed E-state index contributed by atoms with van der Waals surface area (Å²) in [5.74, 6) is -0.199. The molecule has 0 radical (unpaired) electrons. The molecule has 2 heterocycles. The normalized spacial score (nSPS) is 33.4. The minimum absolute atomic E-state index is 0.0143. The summed E-state index contributed by atoms with van der Waals surface area (Å²) in [7, 11) is 0. The van der Waals surface area contributed by atoms with Gasteiger partial charge in [0.2, 0.25) is 11.8 Å². The monoisotopic (exact) mass is 240 g/mol. The van der Waals surface area contributed by atoms with Crippen molar-refractivity contribution < 1.29 is 14.7 Å². The third kappa shape index (κ3) is 2.44. The van der Waals surface area contributed by atoms with Gasteiger partial charge >= 0.3 is 0 Å². The lowest BCUT2D eigenvalue weighted by molar-refractivity contribution is -0.141. The molecule has 3 unspecified atom stereocenters. The van der Waals surface area contributed by atoms with Gasteiger partial charge < -0.3 is 15.3 Å². The van der Waals surface area contributed by atoms with Gasteiger partial charge in [-0.1, -0.05) is 0 Å². The average Bonchev–Trinajstić information content (AvgIpc) is 2.49. The van der Waals surface area contributed by atoms with Gasteiger partial charge in [-0.05, 0) is 32.6 Å². The van der Waals surface area contributed by atoms with E-state index in [1.54, 1.807) is 6.92 Å². The number of piperidine rings is 1. The standard InChI is InChI=1S/C12H20N2O3/c1-7(13-8(2)15)12(17)14-9-3-4-10(14)6-11(16)5-9/h7,9-11,16H,3-6H2,1-2H3,(H,13,15). The highest BCUT2D eigenvalue weighted by atomic mass is 16.3. The number of fused-ring (bicyclic) bond motifs is 2. The van der Waals surface area contributed by atoms with Crippen LogP contribution in [0, 0.1) is 0 Å². The Labute approximate surface area is 101 Å². The van der Waals surface area contributed by atoms with Gasteiger partial charge in [-0.2, -0.15) is 0 Å². The van der Waals surface area contributed by atoms with E-state index in [1.807, 2.05) is 4.90 Å². The van der Waals surface area contributed by atoms with Crippen molar-refractivity contribution in [2.45, 2.75) is 63.8 Å². The topological polar surface area (TPSA) is 69.6 Å². The van der Waals surface area contributed by atoms with Gasteiger partial charge in [0.15, 0.2) is 0 Å². The smallest absolute Gasteiger partial charge is 0.245 e. The number of aliphatic hydroxyl groups is 1. The number of hydrogen-bond donors (Lipinski definition) is 2. The average molecular weight is 240 g/mol. The Balaban J connectivity index is 2.03. The molecule has 2 aliphatic heterocycles. The zero-order chi connectivity index (χ0) is 12.6. The number of amides is 2. The fraction of sp³-hybridized carbons (Fsp3) is 0.833. The second-order valence-electron chi connectivity index (χ2n) is 5.18. The molecule has 0 aromatic rings. The number of carbonyl (C=O) groups excluding carboxylic acids is 2. The first kappa shape index (κ1) is 12.4. The molecule has 0 spiro atoms. The maximum Gasteiger partial charge on any atom is 0.245 e. The van der Waals surface area contributed by atoms with E-state index in [2.05, 4.69) is 5.32 Å². The van der Waals surface area contributed by atoms with Crippen LogP contribution in [0.5, 0.6) is 0 Å². The molecular weight excluding hydrogens is 220 g/mol. The van der Waals surface area contributed by atoms with Crippen molar-refractivity contribution in [2.75, 3.05) is 0 Å². The predicted molar refractivity (Wildman–Crippen MR) is 62.2 cm³/mol. The highest BCUT2D eigenvalue weighted by Crippen LogP contribution is 2.36. The molecule has 2 saturated heterocycles. The number of nitrogens with one attached hydrogen (secondary N) is 1. The van der Waals surface area contributed by atoms with Crippen LogP contribution in [0.2, 0.25) is 0 Å². The van der Waals surface area contributed by atoms with Gasteiger partial charge in [0.25, 0.3) is 0 Å². The minimum Gasteiger partial charge on any atom is -0.393 e. The van der Waals surface area contributed by atoms with E-state index in [9.17, 15) is 14.7 Å². The van der Waals surface area contributed by atoms with Crippen LogP contribution < -0.4 is 5.32 Å². The van der Waals surface area contributed by atoms with Crippen molar-refractivity contribution in [3.8, 4) is 0 Å². The predicted octanol–water partition coefficient (Wildman–Crippen LogP) is 0.0253. The molecule has 2 N–H and O–H groups in total. The number of aliphatic hydroxyl groups excluding tert-OH is 1. The summed E-state index contributed by atoms with van der Waals surface area (Å²) in [5.41, 5.74) is 0. The van der Waals surface area contributed by atoms with Crippen LogP contribution in [0.4, 0.5) is 0 Å². The molecule has 2 rings (SSSR count). The van der Waals surface area contributed by atoms with Gasteiger partial charge in [0.05, 0.1) is 6.10 Å². The number of hydrogen-bond acceptors (Lipinski definition) is 3. The van der Waals surface area contributed by atoms with E-state index in [-0.39, 0.29) is 30.0 Å². The second kappa shape index (κ2) is 4.64. The second-order valence-corrected chi connectivity index (χ2v) is 5.18. The molecule has 5 nitrogen and oxygen atoms in total. The Kier molecular flexibility index (Phi) is 3.38. The Morgan fingerprint density at radius 1 is 1.29 bits per heavy atom. The Hall–Kier alpha value is -1.10. The molecule has 2 aliphatic rings. The molecule has 17 heavy (non-hydrogen) atoms. The molecular formula is C12H20N2O3. The van der Waals surface area contributed by atoms with Crippen LogP contribution in [0.25, 0.3) is 0 Å². The summed E-state index contributed by atoms with van der Waals surface area (Å²) >= 11 is 0. The first-order valence-corrected chi connectivity index (χ1v) is 6.26. The summed E-state index contributed by atoms with van der Waals surface area (Å²) in [6.45, 7) is 3.13. The van der Waals surface area contributed by atoms with Crippen molar-refractivity contribution in [1.82, 2.24) is 10.2 Å². The molecule has 0 aliphatic carbocycles. The van der Waals surface area contributed by atoms with E-state index in [0.29, 0.717) is 12.8 Å². The van der Waals surface area contributed by atoms with E-state index in [0.717, 1.165) is 12.8 Å². The highest BCUT2D eigenvalue weighted by Gasteiger charge is 2.43. The lowest BCUT2D eigenvalue weighted by Gasteiger charge is -2.38. The van der Waals surface area contributed by atoms with Crippen LogP contribution in [0.3, 0.4) is 0 Å². The first-order chi connectivity index (χ1) is 7.99. The first-order valence-electron chi connectivity index (χ1n) is 6.26. The minimum atomic E-state index is -0.467. The summed E-state index contributed by atoms with van der Waals surface area (Å²) in [5, 5.41) is 12.3. The molecule has 96 valence electrons. The van der Waals surface area contributed by atoms with Gasteiger partial charge in [0, 0.05) is 19.0 Å². The SMILES string of the molecule is CC(=O)NC(C)C(=O)N1C2CCC1CC(O)C2. The molecule has 0 saturated carbocycles. The van der Waals surface area contributed by atoms with Crippen molar-refractivity contribution in [1.29, 1.82) is 0 Å². The van der Waals surface area contributed by atoms with E-state index in [4.69, 9.17) is 0 Å². The molecule has 3 atom stereocenters. The number of rotatable bonds is 2. The zero-order valence-electron chi connectivity index (χ0n) is 10.3. The van der Waals surface area contributed by atoms with E-state index < -0.39 is 6.04 Å². The molecule has 2 amide bonds. The van der Waals surface area contributed by atoms with Crippen LogP contribution >= 0.6 is 0 Å². The van der Waals surface area contributed by atoms with Gasteiger partial charge in [-0.3, -0.25) is 9.59 Å². The maximum absolute atomic E-state index is 12.2. The van der Waals surface area contributed by atoms with Gasteiger partial charge in [-0.25, -0.2) is 0 Å². The van der Waals surface area contributed by atoms with E-state index in [1.165, 1.54) is 6.92 Å². The maximum atomic E-state index is 12.2. The largest absolute Gasteiger partial charge is 0.393 e. The van der Waals surface area contributed by atoms with Crippen LogP contribution in [0.15, 0.2) is 0 Å². The van der Waals surface area contributed by atoms with Gasteiger partial charge in [-0.15, -0.1) is 0 Å². The number of nitrogens with zero attached hydrogens (tertiary/aromatic N) is 1. The fourth-order valence-corrected chi connectivity index (χ4v) is 3.10. The highest BCUT2D eigenvalue weighted by molar-refractivity contribution is 5.87. The summed E-state index contributed by atoms with van der Waals surface area (Å²) < 4.78 is 0. The molecule has 2 bridgehead atoms. The van der Waals surface area contributed by atoms with Gasteiger partial charge in [0.1, 0.15) is 6.04 Å².